The average molecular weight is 1240 g/mol. The van der Waals surface area contributed by atoms with Crippen molar-refractivity contribution in [2.24, 2.45) is 0 Å². The van der Waals surface area contributed by atoms with Crippen LogP contribution in [0.25, 0.3) is 145 Å². The normalized spacial score (nSPS) is 12.4. The van der Waals surface area contributed by atoms with Crippen molar-refractivity contribution in [1.29, 1.82) is 0 Å². The predicted octanol–water partition coefficient (Wildman–Crippen LogP) is 24.6. The quantitative estimate of drug-likeness (QED) is 0.137. The molecule has 5 nitrogen and oxygen atoms in total. The van der Waals surface area contributed by atoms with Gasteiger partial charge in [-0.05, 0) is 185 Å². The SMILES string of the molecule is CC(C)(C)c1cc(-c2nc(-c3cc(C(C)(C)C)cc(C(C)(C)C)c3)nc(-c3cc(-c4ccccc4-n4c5ccc(-c6ccccc6)cc5c5cc(-c6ccccc6)ccc54)ccc3-n3c4ccc(-c5ccccc5)cc4c4cc(-c5ccccc5)ccc43)n2)cc(C(C)(C)C)c1. The molecule has 15 aromatic rings. The summed E-state index contributed by atoms with van der Waals surface area (Å²) in [5, 5.41) is 4.68. The lowest BCUT2D eigenvalue weighted by Crippen LogP contribution is -2.17. The number of hydrogen-bond donors (Lipinski definition) is 0. The molecule has 0 saturated heterocycles. The van der Waals surface area contributed by atoms with Gasteiger partial charge in [0.05, 0.1) is 33.4 Å². The highest BCUT2D eigenvalue weighted by Crippen LogP contribution is 2.45. The van der Waals surface area contributed by atoms with Crippen molar-refractivity contribution >= 4 is 43.6 Å². The maximum atomic E-state index is 5.84. The highest BCUT2D eigenvalue weighted by atomic mass is 15.1. The predicted molar refractivity (Wildman–Crippen MR) is 407 cm³/mol. The zero-order valence-electron chi connectivity index (χ0n) is 57.2. The average Bonchev–Trinajstić information content (AvgIpc) is 1.54. The molecule has 5 heteroatoms. The lowest BCUT2D eigenvalue weighted by Gasteiger charge is -2.26. The molecule has 0 saturated carbocycles. The van der Waals surface area contributed by atoms with Crippen LogP contribution in [0.5, 0.6) is 0 Å². The number of nitrogens with zero attached hydrogens (tertiary/aromatic N) is 5. The molecule has 0 radical (unpaired) electrons. The Labute approximate surface area is 565 Å². The van der Waals surface area contributed by atoms with Gasteiger partial charge >= 0.3 is 0 Å². The van der Waals surface area contributed by atoms with E-state index in [4.69, 9.17) is 15.0 Å². The second-order valence-electron chi connectivity index (χ2n) is 30.2. The number of fused-ring (bicyclic) bond motifs is 6. The lowest BCUT2D eigenvalue weighted by atomic mass is 9.79. The Morgan fingerprint density at radius 3 is 0.812 bits per heavy atom. The van der Waals surface area contributed by atoms with Crippen molar-refractivity contribution < 1.29 is 0 Å². The maximum Gasteiger partial charge on any atom is 0.166 e. The molecule has 96 heavy (non-hydrogen) atoms. The molecule has 0 N–H and O–H groups in total. The molecule has 3 heterocycles. The molecule has 15 rings (SSSR count). The molecule has 0 bridgehead atoms. The Morgan fingerprint density at radius 1 is 0.208 bits per heavy atom. The van der Waals surface area contributed by atoms with Gasteiger partial charge in [0.25, 0.3) is 0 Å². The first-order valence-corrected chi connectivity index (χ1v) is 33.8. The van der Waals surface area contributed by atoms with Crippen LogP contribution in [0, 0.1) is 0 Å². The van der Waals surface area contributed by atoms with Crippen molar-refractivity contribution in [2.75, 3.05) is 0 Å². The molecule has 0 fully saturated rings. The number of hydrogen-bond acceptors (Lipinski definition) is 3. The lowest BCUT2D eigenvalue weighted by molar-refractivity contribution is 0.568. The van der Waals surface area contributed by atoms with Crippen molar-refractivity contribution in [1.82, 2.24) is 24.1 Å². The van der Waals surface area contributed by atoms with E-state index in [1.807, 2.05) is 0 Å². The molecule has 0 unspecified atom stereocenters. The first kappa shape index (κ1) is 61.4. The third-order valence-electron chi connectivity index (χ3n) is 19.4. The smallest absolute Gasteiger partial charge is 0.166 e. The monoisotopic (exact) mass is 1240 g/mol. The molecule has 3 aromatic heterocycles. The maximum absolute atomic E-state index is 5.84. The molecule has 0 atom stereocenters. The second kappa shape index (κ2) is 23.6. The van der Waals surface area contributed by atoms with Gasteiger partial charge < -0.3 is 9.13 Å². The molecular formula is C91H81N5. The minimum Gasteiger partial charge on any atom is -0.309 e. The van der Waals surface area contributed by atoms with Gasteiger partial charge in [0, 0.05) is 43.8 Å². The molecule has 0 spiro atoms. The molecule has 0 aliphatic heterocycles. The van der Waals surface area contributed by atoms with E-state index in [1.165, 1.54) is 66.4 Å². The largest absolute Gasteiger partial charge is 0.309 e. The van der Waals surface area contributed by atoms with Gasteiger partial charge in [-0.3, -0.25) is 0 Å². The van der Waals surface area contributed by atoms with E-state index in [0.29, 0.717) is 17.5 Å². The van der Waals surface area contributed by atoms with Gasteiger partial charge in [-0.15, -0.1) is 0 Å². The van der Waals surface area contributed by atoms with Crippen LogP contribution < -0.4 is 0 Å². The van der Waals surface area contributed by atoms with Crippen LogP contribution in [0.15, 0.2) is 273 Å². The van der Waals surface area contributed by atoms with Gasteiger partial charge in [0.15, 0.2) is 17.5 Å². The van der Waals surface area contributed by atoms with E-state index < -0.39 is 0 Å². The van der Waals surface area contributed by atoms with Gasteiger partial charge in [-0.25, -0.2) is 15.0 Å². The van der Waals surface area contributed by atoms with E-state index in [1.54, 1.807) is 0 Å². The van der Waals surface area contributed by atoms with Crippen LogP contribution in [0.2, 0.25) is 0 Å². The zero-order chi connectivity index (χ0) is 66.4. The van der Waals surface area contributed by atoms with Crippen LogP contribution in [0.3, 0.4) is 0 Å². The zero-order valence-corrected chi connectivity index (χ0v) is 57.2. The molecule has 0 aliphatic rings. The van der Waals surface area contributed by atoms with Gasteiger partial charge in [0.1, 0.15) is 0 Å². The Bertz CT molecular complexity index is 5120. The number of benzene rings is 12. The number of rotatable bonds is 10. The molecule has 0 aliphatic carbocycles. The summed E-state index contributed by atoms with van der Waals surface area (Å²) >= 11 is 0. The summed E-state index contributed by atoms with van der Waals surface area (Å²) in [6, 6.07) is 101. The Kier molecular flexibility index (Phi) is 15.1. The fourth-order valence-electron chi connectivity index (χ4n) is 13.8. The summed E-state index contributed by atoms with van der Waals surface area (Å²) in [7, 11) is 0. The first-order chi connectivity index (χ1) is 46.1. The minimum atomic E-state index is -0.158. The van der Waals surface area contributed by atoms with Crippen molar-refractivity contribution in [3.63, 3.8) is 0 Å². The van der Waals surface area contributed by atoms with E-state index in [-0.39, 0.29) is 21.7 Å². The third kappa shape index (κ3) is 11.5. The van der Waals surface area contributed by atoms with Gasteiger partial charge in [-0.2, -0.15) is 0 Å². The number of aromatic nitrogens is 5. The van der Waals surface area contributed by atoms with Crippen LogP contribution in [-0.2, 0) is 21.7 Å². The molecule has 470 valence electrons. The summed E-state index contributed by atoms with van der Waals surface area (Å²) < 4.78 is 4.93. The standard InChI is InChI=1S/C91H81N5/c1-88(2,3)69-47-67(48-70(56-69)89(4,5)6)85-92-86(68-49-71(90(7,8)9)57-72(50-68)91(10,11)12)94-87(93-85)78-55-66(41-46-84(78)96-82-44-39-64(60-31-21-15-22-32-60)53-76(82)77-54-65(40-45-83(77)96)61-33-23-16-24-34-61)73-35-25-26-36-79(73)95-80-42-37-62(58-27-17-13-18-28-58)51-74(80)75-52-63(38-43-81(75)95)59-29-19-14-20-30-59/h13-57H,1-12H3. The topological polar surface area (TPSA) is 48.5 Å². The Hall–Kier alpha value is -10.8. The van der Waals surface area contributed by atoms with Crippen molar-refractivity contribution in [3.05, 3.63) is 295 Å². The summed E-state index contributed by atoms with van der Waals surface area (Å²) in [4.78, 5) is 17.3. The molecule has 12 aromatic carbocycles. The molecular weight excluding hydrogens is 1160 g/mol. The Morgan fingerprint density at radius 2 is 0.490 bits per heavy atom. The highest BCUT2D eigenvalue weighted by molar-refractivity contribution is 6.14. The first-order valence-electron chi connectivity index (χ1n) is 33.8. The minimum absolute atomic E-state index is 0.158. The highest BCUT2D eigenvalue weighted by Gasteiger charge is 2.28. The summed E-state index contributed by atoms with van der Waals surface area (Å²) in [5.74, 6) is 1.83. The second-order valence-corrected chi connectivity index (χ2v) is 30.2. The van der Waals surface area contributed by atoms with E-state index in [2.05, 4.69) is 365 Å². The fraction of sp³-hybridized carbons (Fsp3) is 0.176. The Balaban J connectivity index is 1.04. The van der Waals surface area contributed by atoms with E-state index in [9.17, 15) is 0 Å². The van der Waals surface area contributed by atoms with E-state index in [0.717, 1.165) is 83.2 Å². The summed E-state index contributed by atoms with van der Waals surface area (Å²) in [5.41, 5.74) is 24.9. The molecule has 0 amide bonds. The van der Waals surface area contributed by atoms with E-state index >= 15 is 0 Å². The van der Waals surface area contributed by atoms with Crippen LogP contribution in [0.4, 0.5) is 0 Å². The van der Waals surface area contributed by atoms with Gasteiger partial charge in [-0.1, -0.05) is 265 Å². The van der Waals surface area contributed by atoms with Crippen LogP contribution in [-0.4, -0.2) is 24.1 Å². The summed E-state index contributed by atoms with van der Waals surface area (Å²) in [6.07, 6.45) is 0. The fourth-order valence-corrected chi connectivity index (χ4v) is 13.8. The van der Waals surface area contributed by atoms with Crippen molar-refractivity contribution in [2.45, 2.75) is 105 Å². The van der Waals surface area contributed by atoms with Crippen LogP contribution >= 0.6 is 0 Å². The number of para-hydroxylation sites is 1. The van der Waals surface area contributed by atoms with Gasteiger partial charge in [0.2, 0.25) is 0 Å². The summed E-state index contributed by atoms with van der Waals surface area (Å²) in [6.45, 7) is 27.6. The van der Waals surface area contributed by atoms with Crippen molar-refractivity contribution in [3.8, 4) is 101 Å². The van der Waals surface area contributed by atoms with Crippen LogP contribution in [0.1, 0.15) is 105 Å². The third-order valence-corrected chi connectivity index (χ3v) is 19.4.